The summed E-state index contributed by atoms with van der Waals surface area (Å²) in [5, 5.41) is 2.05. The molecule has 14 heavy (non-hydrogen) atoms. The summed E-state index contributed by atoms with van der Waals surface area (Å²) in [6.45, 7) is 0.594. The number of rotatable bonds is 5. The van der Waals surface area contributed by atoms with Crippen molar-refractivity contribution in [3.05, 3.63) is 21.9 Å². The van der Waals surface area contributed by atoms with Gasteiger partial charge in [0.05, 0.1) is 0 Å². The Labute approximate surface area is 88.1 Å². The van der Waals surface area contributed by atoms with Crippen LogP contribution in [0.3, 0.4) is 0 Å². The molecule has 1 aromatic rings. The van der Waals surface area contributed by atoms with Gasteiger partial charge in [0.25, 0.3) is 0 Å². The highest BCUT2D eigenvalue weighted by Gasteiger charge is 2.28. The van der Waals surface area contributed by atoms with Crippen LogP contribution in [0, 0.1) is 5.92 Å². The first-order chi connectivity index (χ1) is 6.81. The van der Waals surface area contributed by atoms with E-state index in [1.807, 2.05) is 0 Å². The molecule has 0 atom stereocenters. The van der Waals surface area contributed by atoms with Gasteiger partial charge in [-0.3, -0.25) is 4.79 Å². The fourth-order valence-corrected chi connectivity index (χ4v) is 2.53. The van der Waals surface area contributed by atoms with Crippen LogP contribution in [0.4, 0.5) is 0 Å². The number of carbonyl (C=O) groups excluding carboxylic acids is 1. The average Bonchev–Trinajstić information content (AvgIpc) is 2.94. The Morgan fingerprint density at radius 3 is 3.00 bits per heavy atom. The predicted octanol–water partition coefficient (Wildman–Crippen LogP) is 2.12. The molecule has 1 aromatic heterocycles. The second kappa shape index (κ2) is 4.24. The lowest BCUT2D eigenvalue weighted by molar-refractivity contribution is -0.120. The van der Waals surface area contributed by atoms with E-state index in [0.29, 0.717) is 24.7 Å². The average molecular weight is 209 g/mol. The van der Waals surface area contributed by atoms with Gasteiger partial charge >= 0.3 is 0 Å². The van der Waals surface area contributed by atoms with E-state index in [4.69, 9.17) is 5.73 Å². The first kappa shape index (κ1) is 9.87. The molecule has 0 aliphatic heterocycles. The van der Waals surface area contributed by atoms with Gasteiger partial charge in [0.15, 0.2) is 0 Å². The van der Waals surface area contributed by atoms with Crippen molar-refractivity contribution in [1.29, 1.82) is 0 Å². The van der Waals surface area contributed by atoms with Crippen LogP contribution in [0.1, 0.15) is 29.7 Å². The summed E-state index contributed by atoms with van der Waals surface area (Å²) in [5.74, 6) is 0.845. The molecular formula is C11H15NOS. The lowest BCUT2D eigenvalue weighted by atomic mass is 10.1. The molecule has 0 radical (unpaired) electrons. The maximum Gasteiger partial charge on any atom is 0.136 e. The molecular weight excluding hydrogens is 194 g/mol. The minimum absolute atomic E-state index is 0.399. The molecule has 0 aromatic carbocycles. The summed E-state index contributed by atoms with van der Waals surface area (Å²) >= 11 is 1.72. The van der Waals surface area contributed by atoms with Gasteiger partial charge in [-0.2, -0.15) is 0 Å². The van der Waals surface area contributed by atoms with Gasteiger partial charge in [0.2, 0.25) is 0 Å². The van der Waals surface area contributed by atoms with E-state index in [1.54, 1.807) is 11.3 Å². The fraction of sp³-hybridized carbons (Fsp3) is 0.545. The Morgan fingerprint density at radius 2 is 2.36 bits per heavy atom. The van der Waals surface area contributed by atoms with Crippen LogP contribution in [0.15, 0.2) is 11.4 Å². The minimum Gasteiger partial charge on any atom is -0.326 e. The Hall–Kier alpha value is -0.670. The van der Waals surface area contributed by atoms with Gasteiger partial charge < -0.3 is 5.73 Å². The Kier molecular flexibility index (Phi) is 2.99. The van der Waals surface area contributed by atoms with Crippen molar-refractivity contribution in [1.82, 2.24) is 0 Å². The molecule has 1 fully saturated rings. The monoisotopic (exact) mass is 209 g/mol. The van der Waals surface area contributed by atoms with E-state index in [9.17, 15) is 4.79 Å². The summed E-state index contributed by atoms with van der Waals surface area (Å²) in [4.78, 5) is 12.8. The highest BCUT2D eigenvalue weighted by molar-refractivity contribution is 7.10. The van der Waals surface area contributed by atoms with Crippen LogP contribution in [0.2, 0.25) is 0 Å². The largest absolute Gasteiger partial charge is 0.326 e. The molecule has 3 heteroatoms. The molecule has 2 nitrogen and oxygen atoms in total. The summed E-state index contributed by atoms with van der Waals surface area (Å²) in [5.41, 5.74) is 6.80. The van der Waals surface area contributed by atoms with Crippen LogP contribution < -0.4 is 5.73 Å². The third kappa shape index (κ3) is 2.22. The van der Waals surface area contributed by atoms with Gasteiger partial charge in [-0.25, -0.2) is 0 Å². The predicted molar refractivity (Wildman–Crippen MR) is 58.3 cm³/mol. The lowest BCUT2D eigenvalue weighted by Crippen LogP contribution is -2.03. The molecule has 76 valence electrons. The lowest BCUT2D eigenvalue weighted by Gasteiger charge is -2.00. The van der Waals surface area contributed by atoms with Gasteiger partial charge in [-0.15, -0.1) is 11.3 Å². The van der Waals surface area contributed by atoms with Crippen LogP contribution >= 0.6 is 11.3 Å². The van der Waals surface area contributed by atoms with Crippen molar-refractivity contribution in [2.24, 2.45) is 11.7 Å². The van der Waals surface area contributed by atoms with E-state index in [1.165, 1.54) is 10.4 Å². The summed E-state index contributed by atoms with van der Waals surface area (Å²) in [7, 11) is 0. The number of ketones is 1. The summed E-state index contributed by atoms with van der Waals surface area (Å²) < 4.78 is 0. The van der Waals surface area contributed by atoms with Crippen molar-refractivity contribution in [3.8, 4) is 0 Å². The van der Waals surface area contributed by atoms with Crippen LogP contribution in [0.5, 0.6) is 0 Å². The van der Waals surface area contributed by atoms with E-state index in [0.717, 1.165) is 19.3 Å². The number of Topliss-reactive ketones (excluding diaryl/α,β-unsaturated/α-hetero) is 1. The quantitative estimate of drug-likeness (QED) is 0.807. The Bertz CT molecular complexity index is 328. The molecule has 1 aliphatic rings. The van der Waals surface area contributed by atoms with Gasteiger partial charge in [0.1, 0.15) is 5.78 Å². The third-order valence-electron chi connectivity index (χ3n) is 2.69. The molecule has 1 heterocycles. The molecule has 0 bridgehead atoms. The molecule has 2 N–H and O–H groups in total. The van der Waals surface area contributed by atoms with Crippen molar-refractivity contribution in [2.45, 2.75) is 32.2 Å². The van der Waals surface area contributed by atoms with Crippen LogP contribution in [-0.4, -0.2) is 5.78 Å². The maximum atomic E-state index is 11.5. The second-order valence-electron chi connectivity index (χ2n) is 3.81. The first-order valence-electron chi connectivity index (χ1n) is 5.09. The smallest absolute Gasteiger partial charge is 0.136 e. The van der Waals surface area contributed by atoms with E-state index in [-0.39, 0.29) is 0 Å². The molecule has 0 amide bonds. The molecule has 2 rings (SSSR count). The highest BCUT2D eigenvalue weighted by Crippen LogP contribution is 2.31. The first-order valence-corrected chi connectivity index (χ1v) is 5.97. The number of nitrogens with two attached hydrogens (primary N) is 1. The Morgan fingerprint density at radius 1 is 1.57 bits per heavy atom. The zero-order chi connectivity index (χ0) is 9.97. The van der Waals surface area contributed by atoms with Crippen molar-refractivity contribution in [2.75, 3.05) is 0 Å². The topological polar surface area (TPSA) is 43.1 Å². The number of hydrogen-bond acceptors (Lipinski definition) is 3. The number of carbonyl (C=O) groups is 1. The zero-order valence-electron chi connectivity index (χ0n) is 8.16. The summed E-state index contributed by atoms with van der Waals surface area (Å²) in [6.07, 6.45) is 3.83. The summed E-state index contributed by atoms with van der Waals surface area (Å²) in [6, 6.07) is 2.06. The maximum absolute atomic E-state index is 11.5. The minimum atomic E-state index is 0.399. The second-order valence-corrected chi connectivity index (χ2v) is 4.81. The normalized spacial score (nSPS) is 15.8. The molecule has 1 saturated carbocycles. The fourth-order valence-electron chi connectivity index (χ4n) is 1.61. The van der Waals surface area contributed by atoms with Gasteiger partial charge in [0, 0.05) is 23.8 Å². The third-order valence-corrected chi connectivity index (χ3v) is 3.71. The zero-order valence-corrected chi connectivity index (χ0v) is 8.98. The number of hydrogen-bond donors (Lipinski definition) is 1. The number of aryl methyl sites for hydroxylation is 1. The van der Waals surface area contributed by atoms with Gasteiger partial charge in [-0.05, 0) is 36.3 Å². The van der Waals surface area contributed by atoms with E-state index >= 15 is 0 Å². The molecule has 0 unspecified atom stereocenters. The SMILES string of the molecule is NCc1ccsc1CCC(=O)C1CC1. The standard InChI is InChI=1S/C11H15NOS/c12-7-9-5-6-14-11(9)4-3-10(13)8-1-2-8/h5-6,8H,1-4,7,12H2. The highest BCUT2D eigenvalue weighted by atomic mass is 32.1. The van der Waals surface area contributed by atoms with Crippen LogP contribution in [-0.2, 0) is 17.8 Å². The Balaban J connectivity index is 1.87. The van der Waals surface area contributed by atoms with Crippen molar-refractivity contribution in [3.63, 3.8) is 0 Å². The molecule has 1 aliphatic carbocycles. The van der Waals surface area contributed by atoms with Crippen molar-refractivity contribution < 1.29 is 4.79 Å². The molecule has 0 spiro atoms. The van der Waals surface area contributed by atoms with E-state index < -0.39 is 0 Å². The number of thiophene rings is 1. The van der Waals surface area contributed by atoms with Crippen LogP contribution in [0.25, 0.3) is 0 Å². The van der Waals surface area contributed by atoms with Crippen molar-refractivity contribution >= 4 is 17.1 Å². The van der Waals surface area contributed by atoms with Gasteiger partial charge in [-0.1, -0.05) is 0 Å². The molecule has 0 saturated heterocycles. The van der Waals surface area contributed by atoms with E-state index in [2.05, 4.69) is 11.4 Å².